The van der Waals surface area contributed by atoms with E-state index in [1.165, 1.54) is 12.8 Å². The van der Waals surface area contributed by atoms with Crippen LogP contribution in [0.2, 0.25) is 0 Å². The summed E-state index contributed by atoms with van der Waals surface area (Å²) in [7, 11) is 0. The van der Waals surface area contributed by atoms with Gasteiger partial charge in [-0.25, -0.2) is 0 Å². The lowest BCUT2D eigenvalue weighted by Crippen LogP contribution is -2.31. The summed E-state index contributed by atoms with van der Waals surface area (Å²) < 4.78 is 0. The van der Waals surface area contributed by atoms with Crippen LogP contribution in [0, 0.1) is 5.92 Å². The van der Waals surface area contributed by atoms with Gasteiger partial charge in [-0.1, -0.05) is 19.8 Å². The van der Waals surface area contributed by atoms with Gasteiger partial charge >= 0.3 is 0 Å². The standard InChI is InChI=1S/C12H21NO2/c1-2-4-11-5-6-12(15)13(9-7-11)8-3-10-14/h10-11H,2-9H2,1H3. The van der Waals surface area contributed by atoms with Gasteiger partial charge < -0.3 is 9.69 Å². The number of hydrogen-bond donors (Lipinski definition) is 0. The Labute approximate surface area is 91.8 Å². The van der Waals surface area contributed by atoms with Crippen LogP contribution in [0.4, 0.5) is 0 Å². The Balaban J connectivity index is 2.40. The number of carbonyl (C=O) groups is 2. The van der Waals surface area contributed by atoms with E-state index in [4.69, 9.17) is 0 Å². The molecule has 0 N–H and O–H groups in total. The van der Waals surface area contributed by atoms with Crippen molar-refractivity contribution in [2.24, 2.45) is 5.92 Å². The number of carbonyl (C=O) groups excluding carboxylic acids is 2. The molecule has 1 heterocycles. The predicted molar refractivity (Wildman–Crippen MR) is 59.5 cm³/mol. The van der Waals surface area contributed by atoms with Gasteiger partial charge in [0, 0.05) is 25.9 Å². The smallest absolute Gasteiger partial charge is 0.222 e. The predicted octanol–water partition coefficient (Wildman–Crippen LogP) is 2.00. The summed E-state index contributed by atoms with van der Waals surface area (Å²) in [4.78, 5) is 23.8. The van der Waals surface area contributed by atoms with Crippen molar-refractivity contribution >= 4 is 12.2 Å². The number of amides is 1. The van der Waals surface area contributed by atoms with Crippen molar-refractivity contribution in [3.63, 3.8) is 0 Å². The van der Waals surface area contributed by atoms with Crippen LogP contribution in [0.15, 0.2) is 0 Å². The fourth-order valence-electron chi connectivity index (χ4n) is 2.24. The van der Waals surface area contributed by atoms with E-state index >= 15 is 0 Å². The monoisotopic (exact) mass is 211 g/mol. The van der Waals surface area contributed by atoms with E-state index in [2.05, 4.69) is 6.92 Å². The van der Waals surface area contributed by atoms with Gasteiger partial charge in [0.1, 0.15) is 6.29 Å². The average Bonchev–Trinajstić information content (AvgIpc) is 2.40. The molecule has 1 amide bonds. The molecule has 1 aliphatic rings. The summed E-state index contributed by atoms with van der Waals surface area (Å²) in [5, 5.41) is 0. The molecule has 3 nitrogen and oxygen atoms in total. The van der Waals surface area contributed by atoms with E-state index in [0.29, 0.717) is 25.3 Å². The van der Waals surface area contributed by atoms with Gasteiger partial charge in [0.2, 0.25) is 5.91 Å². The molecule has 1 unspecified atom stereocenters. The molecule has 0 spiro atoms. The summed E-state index contributed by atoms with van der Waals surface area (Å²) in [6.45, 7) is 3.65. The Morgan fingerprint density at radius 1 is 1.47 bits per heavy atom. The van der Waals surface area contributed by atoms with Gasteiger partial charge in [-0.2, -0.15) is 0 Å². The molecule has 86 valence electrons. The molecule has 0 radical (unpaired) electrons. The second kappa shape index (κ2) is 6.59. The second-order valence-corrected chi connectivity index (χ2v) is 4.32. The third kappa shape index (κ3) is 4.02. The molecule has 0 aromatic carbocycles. The first-order valence-corrected chi connectivity index (χ1v) is 5.99. The molecule has 0 saturated carbocycles. The molecule has 15 heavy (non-hydrogen) atoms. The van der Waals surface area contributed by atoms with Crippen LogP contribution in [0.1, 0.15) is 45.4 Å². The van der Waals surface area contributed by atoms with Crippen molar-refractivity contribution in [2.45, 2.75) is 45.4 Å². The molecular formula is C12H21NO2. The molecule has 1 saturated heterocycles. The van der Waals surface area contributed by atoms with Gasteiger partial charge in [0.15, 0.2) is 0 Å². The minimum atomic E-state index is 0.232. The minimum Gasteiger partial charge on any atom is -0.342 e. The Morgan fingerprint density at radius 3 is 2.93 bits per heavy atom. The quantitative estimate of drug-likeness (QED) is 0.652. The number of aldehydes is 1. The zero-order valence-corrected chi connectivity index (χ0v) is 9.58. The van der Waals surface area contributed by atoms with E-state index in [0.717, 1.165) is 25.7 Å². The van der Waals surface area contributed by atoms with Crippen molar-refractivity contribution in [2.75, 3.05) is 13.1 Å². The molecule has 0 aliphatic carbocycles. The summed E-state index contributed by atoms with van der Waals surface area (Å²) in [5.41, 5.74) is 0. The first kappa shape index (κ1) is 12.2. The lowest BCUT2D eigenvalue weighted by molar-refractivity contribution is -0.130. The zero-order valence-electron chi connectivity index (χ0n) is 9.58. The van der Waals surface area contributed by atoms with Crippen LogP contribution in [0.3, 0.4) is 0 Å². The lowest BCUT2D eigenvalue weighted by Gasteiger charge is -2.19. The topological polar surface area (TPSA) is 37.4 Å². The van der Waals surface area contributed by atoms with Gasteiger partial charge in [-0.15, -0.1) is 0 Å². The Morgan fingerprint density at radius 2 is 2.27 bits per heavy atom. The van der Waals surface area contributed by atoms with Crippen LogP contribution in [-0.2, 0) is 9.59 Å². The maximum absolute atomic E-state index is 11.7. The first-order chi connectivity index (χ1) is 7.27. The first-order valence-electron chi connectivity index (χ1n) is 5.99. The third-order valence-electron chi connectivity index (χ3n) is 3.14. The van der Waals surface area contributed by atoms with E-state index in [1.807, 2.05) is 4.90 Å². The molecule has 1 fully saturated rings. The van der Waals surface area contributed by atoms with Gasteiger partial charge in [0.25, 0.3) is 0 Å². The Bertz CT molecular complexity index is 216. The fourth-order valence-corrected chi connectivity index (χ4v) is 2.24. The molecule has 1 aliphatic heterocycles. The number of hydrogen-bond acceptors (Lipinski definition) is 2. The van der Waals surface area contributed by atoms with Crippen LogP contribution >= 0.6 is 0 Å². The summed E-state index contributed by atoms with van der Waals surface area (Å²) in [5.74, 6) is 0.940. The molecule has 0 aromatic rings. The van der Waals surface area contributed by atoms with E-state index in [9.17, 15) is 9.59 Å². The van der Waals surface area contributed by atoms with E-state index < -0.39 is 0 Å². The Kier molecular flexibility index (Phi) is 5.37. The maximum Gasteiger partial charge on any atom is 0.222 e. The highest BCUT2D eigenvalue weighted by Gasteiger charge is 2.21. The molecule has 3 heteroatoms. The zero-order chi connectivity index (χ0) is 11.1. The Hall–Kier alpha value is -0.860. The molecule has 0 bridgehead atoms. The highest BCUT2D eigenvalue weighted by Crippen LogP contribution is 2.22. The van der Waals surface area contributed by atoms with Crippen LogP contribution < -0.4 is 0 Å². The van der Waals surface area contributed by atoms with Crippen molar-refractivity contribution in [3.8, 4) is 0 Å². The van der Waals surface area contributed by atoms with E-state index in [-0.39, 0.29) is 5.91 Å². The summed E-state index contributed by atoms with van der Waals surface area (Å²) in [6, 6.07) is 0. The normalized spacial score (nSPS) is 22.6. The molecule has 1 rings (SSSR count). The van der Waals surface area contributed by atoms with Crippen LogP contribution in [-0.4, -0.2) is 30.2 Å². The van der Waals surface area contributed by atoms with Gasteiger partial charge in [0.05, 0.1) is 0 Å². The average molecular weight is 211 g/mol. The highest BCUT2D eigenvalue weighted by atomic mass is 16.2. The van der Waals surface area contributed by atoms with E-state index in [1.54, 1.807) is 0 Å². The molecule has 0 aromatic heterocycles. The number of nitrogens with zero attached hydrogens (tertiary/aromatic N) is 1. The molecular weight excluding hydrogens is 190 g/mol. The summed E-state index contributed by atoms with van der Waals surface area (Å²) in [6.07, 6.45) is 6.61. The summed E-state index contributed by atoms with van der Waals surface area (Å²) >= 11 is 0. The van der Waals surface area contributed by atoms with Gasteiger partial charge in [-0.05, 0) is 18.8 Å². The maximum atomic E-state index is 11.7. The van der Waals surface area contributed by atoms with Crippen molar-refractivity contribution in [1.82, 2.24) is 4.90 Å². The second-order valence-electron chi connectivity index (χ2n) is 4.32. The molecule has 1 atom stereocenters. The number of likely N-dealkylation sites (tertiary alicyclic amines) is 1. The largest absolute Gasteiger partial charge is 0.342 e. The van der Waals surface area contributed by atoms with Crippen LogP contribution in [0.25, 0.3) is 0 Å². The number of rotatable bonds is 5. The van der Waals surface area contributed by atoms with Crippen LogP contribution in [0.5, 0.6) is 0 Å². The highest BCUT2D eigenvalue weighted by molar-refractivity contribution is 5.76. The SMILES string of the molecule is CCCC1CCC(=O)N(CCC=O)CC1. The van der Waals surface area contributed by atoms with Crippen molar-refractivity contribution in [1.29, 1.82) is 0 Å². The fraction of sp³-hybridized carbons (Fsp3) is 0.833. The lowest BCUT2D eigenvalue weighted by atomic mass is 9.96. The minimum absolute atomic E-state index is 0.232. The van der Waals surface area contributed by atoms with Crippen molar-refractivity contribution < 1.29 is 9.59 Å². The van der Waals surface area contributed by atoms with Crippen molar-refractivity contribution in [3.05, 3.63) is 0 Å². The van der Waals surface area contributed by atoms with Gasteiger partial charge in [-0.3, -0.25) is 4.79 Å². The third-order valence-corrected chi connectivity index (χ3v) is 3.14.